The molecule has 0 unspecified atom stereocenters. The van der Waals surface area contributed by atoms with Crippen LogP contribution in [0.25, 0.3) is 17.3 Å². The molecule has 9 heteroatoms. The van der Waals surface area contributed by atoms with Gasteiger partial charge in [-0.2, -0.15) is 4.98 Å². The van der Waals surface area contributed by atoms with E-state index in [2.05, 4.69) is 14.9 Å². The maximum Gasteiger partial charge on any atom is 0.292 e. The molecule has 9 nitrogen and oxygen atoms in total. The highest BCUT2D eigenvalue weighted by atomic mass is 16.4. The van der Waals surface area contributed by atoms with Crippen molar-refractivity contribution in [2.75, 3.05) is 31.9 Å². The van der Waals surface area contributed by atoms with Crippen molar-refractivity contribution in [3.63, 3.8) is 0 Å². The zero-order chi connectivity index (χ0) is 22.2. The van der Waals surface area contributed by atoms with Crippen LogP contribution in [-0.4, -0.2) is 73.5 Å². The van der Waals surface area contributed by atoms with Gasteiger partial charge in [0.15, 0.2) is 0 Å². The molecule has 3 aromatic rings. The molecule has 166 valence electrons. The fraction of sp³-hybridized carbons (Fsp3) is 0.348. The number of allylic oxidation sites excluding steroid dienone is 3. The van der Waals surface area contributed by atoms with E-state index in [9.17, 15) is 9.90 Å². The van der Waals surface area contributed by atoms with Crippen LogP contribution in [0, 0.1) is 0 Å². The second-order valence-corrected chi connectivity index (χ2v) is 8.30. The summed E-state index contributed by atoms with van der Waals surface area (Å²) < 4.78 is 6.93. The molecular formula is C23H26N6O3. The lowest BCUT2D eigenvalue weighted by Crippen LogP contribution is -2.60. The number of β-amino-alcohol motifs (C(OH)–C–C–N with tert-alkyl or cyclic N) is 1. The highest BCUT2D eigenvalue weighted by molar-refractivity contribution is 5.94. The first kappa shape index (κ1) is 20.5. The molecule has 2 aliphatic rings. The number of nitrogens with zero attached hydrogens (tertiary/aromatic N) is 5. The molecule has 5 rings (SSSR count). The number of pyridine rings is 1. The van der Waals surface area contributed by atoms with Gasteiger partial charge in [0, 0.05) is 38.4 Å². The second-order valence-electron chi connectivity index (χ2n) is 8.30. The summed E-state index contributed by atoms with van der Waals surface area (Å²) in [6.07, 6.45) is 11.4. The maximum absolute atomic E-state index is 13.2. The topological polar surface area (TPSA) is 113 Å². The van der Waals surface area contributed by atoms with E-state index in [1.165, 1.54) is 6.26 Å². The molecule has 2 aliphatic heterocycles. The van der Waals surface area contributed by atoms with Gasteiger partial charge in [-0.05, 0) is 42.7 Å². The Morgan fingerprint density at radius 2 is 2.16 bits per heavy atom. The molecule has 3 aromatic heterocycles. The smallest absolute Gasteiger partial charge is 0.292 e. The largest absolute Gasteiger partial charge is 0.432 e. The van der Waals surface area contributed by atoms with Crippen molar-refractivity contribution in [3.05, 3.63) is 59.9 Å². The summed E-state index contributed by atoms with van der Waals surface area (Å²) in [6, 6.07) is 4.30. The third-order valence-electron chi connectivity index (χ3n) is 6.11. The van der Waals surface area contributed by atoms with Crippen LogP contribution in [0.3, 0.4) is 0 Å². The molecule has 0 spiro atoms. The van der Waals surface area contributed by atoms with Gasteiger partial charge in [-0.1, -0.05) is 12.2 Å². The average Bonchev–Trinajstić information content (AvgIpc) is 3.46. The molecule has 1 amide bonds. The molecule has 0 radical (unpaired) electrons. The monoisotopic (exact) mass is 434 g/mol. The van der Waals surface area contributed by atoms with Gasteiger partial charge < -0.3 is 20.2 Å². The predicted octanol–water partition coefficient (Wildman–Crippen LogP) is 1.91. The number of hydrogen-bond donors (Lipinski definition) is 2. The number of amides is 1. The van der Waals surface area contributed by atoms with Gasteiger partial charge in [-0.25, -0.2) is 4.98 Å². The number of rotatable bonds is 5. The number of fused-ring (bicyclic) bond motifs is 1. The first-order chi connectivity index (χ1) is 15.5. The van der Waals surface area contributed by atoms with Crippen molar-refractivity contribution in [1.29, 1.82) is 0 Å². The lowest BCUT2D eigenvalue weighted by Gasteiger charge is -2.43. The first-order valence-electron chi connectivity index (χ1n) is 10.8. The molecule has 1 atom stereocenters. The van der Waals surface area contributed by atoms with Gasteiger partial charge in [-0.3, -0.25) is 14.1 Å². The zero-order valence-corrected chi connectivity index (χ0v) is 17.9. The Balaban J connectivity index is 1.39. The third-order valence-corrected chi connectivity index (χ3v) is 6.11. The quantitative estimate of drug-likeness (QED) is 0.590. The van der Waals surface area contributed by atoms with E-state index in [4.69, 9.17) is 10.2 Å². The van der Waals surface area contributed by atoms with Crippen LogP contribution >= 0.6 is 0 Å². The molecule has 0 aliphatic carbocycles. The number of oxazole rings is 1. The minimum absolute atomic E-state index is 0.0357. The van der Waals surface area contributed by atoms with Crippen molar-refractivity contribution in [3.8, 4) is 0 Å². The van der Waals surface area contributed by atoms with E-state index < -0.39 is 0 Å². The Morgan fingerprint density at radius 3 is 2.84 bits per heavy atom. The fourth-order valence-electron chi connectivity index (χ4n) is 4.36. The van der Waals surface area contributed by atoms with Gasteiger partial charge in [0.1, 0.15) is 23.3 Å². The summed E-state index contributed by atoms with van der Waals surface area (Å²) in [5, 5.41) is 9.76. The third kappa shape index (κ3) is 3.80. The van der Waals surface area contributed by atoms with Crippen molar-refractivity contribution in [2.24, 2.45) is 0 Å². The predicted molar refractivity (Wildman–Crippen MR) is 121 cm³/mol. The van der Waals surface area contributed by atoms with Gasteiger partial charge in [-0.15, -0.1) is 0 Å². The highest BCUT2D eigenvalue weighted by Gasteiger charge is 2.38. The number of nitrogen functional groups attached to an aromatic ring is 1. The molecule has 3 N–H and O–H groups in total. The molecular weight excluding hydrogens is 408 g/mol. The number of imidazole rings is 1. The van der Waals surface area contributed by atoms with Crippen LogP contribution in [-0.2, 0) is 0 Å². The summed E-state index contributed by atoms with van der Waals surface area (Å²) >= 11 is 0. The van der Waals surface area contributed by atoms with E-state index in [1.54, 1.807) is 6.20 Å². The number of carbonyl (C=O) groups is 1. The van der Waals surface area contributed by atoms with Crippen molar-refractivity contribution in [2.45, 2.75) is 25.5 Å². The average molecular weight is 435 g/mol. The minimum atomic E-state index is -0.245. The molecule has 32 heavy (non-hydrogen) atoms. The maximum atomic E-state index is 13.2. The van der Waals surface area contributed by atoms with Gasteiger partial charge in [0.05, 0.1) is 12.3 Å². The normalized spacial score (nSPS) is 20.5. The van der Waals surface area contributed by atoms with E-state index in [0.29, 0.717) is 42.7 Å². The number of aromatic nitrogens is 3. The standard InChI is InChI=1S/C23H26N6O3/c1-2-3-15(8-17-14-32-23(24)26-17)16-4-5-21-25-9-20(29(21)10-16)22(31)28-11-18(12-28)27-7-6-19(30)13-27/h2-5,8-10,14,18-19,30H,6-7,11-13H2,1H3,(H2,24,26)/b3-2-,15-8+/t19-/m0/s1. The van der Waals surface area contributed by atoms with Crippen molar-refractivity contribution >= 4 is 29.2 Å². The number of anilines is 1. The SMILES string of the molecule is C/C=C\C(=C/c1coc(N)n1)c1ccc2ncc(C(=O)N3CC(N4CC[C@H](O)C4)C3)n2c1. The van der Waals surface area contributed by atoms with Crippen LogP contribution in [0.4, 0.5) is 6.01 Å². The Labute approximate surface area is 185 Å². The Bertz CT molecular complexity index is 1200. The van der Waals surface area contributed by atoms with E-state index in [-0.39, 0.29) is 18.0 Å². The lowest BCUT2D eigenvalue weighted by atomic mass is 10.1. The summed E-state index contributed by atoms with van der Waals surface area (Å²) in [4.78, 5) is 25.8. The zero-order valence-electron chi connectivity index (χ0n) is 17.9. The number of likely N-dealkylation sites (tertiary alicyclic amines) is 2. The van der Waals surface area contributed by atoms with Gasteiger partial charge in [0.2, 0.25) is 0 Å². The van der Waals surface area contributed by atoms with Crippen LogP contribution in [0.2, 0.25) is 0 Å². The van der Waals surface area contributed by atoms with Gasteiger partial charge in [0.25, 0.3) is 11.9 Å². The molecule has 2 saturated heterocycles. The Kier molecular flexibility index (Phi) is 5.28. The van der Waals surface area contributed by atoms with Crippen LogP contribution in [0.1, 0.15) is 35.1 Å². The van der Waals surface area contributed by atoms with E-state index in [1.807, 2.05) is 52.8 Å². The second kappa shape index (κ2) is 8.25. The molecule has 0 bridgehead atoms. The fourth-order valence-corrected chi connectivity index (χ4v) is 4.36. The molecule has 2 fully saturated rings. The van der Waals surface area contributed by atoms with Crippen LogP contribution in [0.5, 0.6) is 0 Å². The molecule has 0 saturated carbocycles. The highest BCUT2D eigenvalue weighted by Crippen LogP contribution is 2.25. The minimum Gasteiger partial charge on any atom is -0.432 e. The van der Waals surface area contributed by atoms with E-state index >= 15 is 0 Å². The molecule has 0 aromatic carbocycles. The first-order valence-corrected chi connectivity index (χ1v) is 10.8. The number of aliphatic hydroxyl groups excluding tert-OH is 1. The molecule has 5 heterocycles. The number of carbonyl (C=O) groups excluding carboxylic acids is 1. The summed E-state index contributed by atoms with van der Waals surface area (Å²) in [7, 11) is 0. The summed E-state index contributed by atoms with van der Waals surface area (Å²) in [6.45, 7) is 4.88. The summed E-state index contributed by atoms with van der Waals surface area (Å²) in [5.41, 5.74) is 9.28. The summed E-state index contributed by atoms with van der Waals surface area (Å²) in [5.74, 6) is -0.0357. The van der Waals surface area contributed by atoms with Crippen molar-refractivity contribution in [1.82, 2.24) is 24.2 Å². The number of hydrogen-bond acceptors (Lipinski definition) is 7. The lowest BCUT2D eigenvalue weighted by molar-refractivity contribution is 0.0293. The Hall–Kier alpha value is -3.43. The van der Waals surface area contributed by atoms with Crippen molar-refractivity contribution < 1.29 is 14.3 Å². The number of aliphatic hydroxyl groups is 1. The number of nitrogens with two attached hydrogens (primary N) is 1. The van der Waals surface area contributed by atoms with E-state index in [0.717, 1.165) is 24.1 Å². The van der Waals surface area contributed by atoms with Gasteiger partial charge >= 0.3 is 0 Å². The Morgan fingerprint density at radius 1 is 1.31 bits per heavy atom. The van der Waals surface area contributed by atoms with Crippen LogP contribution < -0.4 is 5.73 Å². The van der Waals surface area contributed by atoms with Crippen LogP contribution in [0.15, 0.2) is 47.4 Å².